The molecule has 122 valence electrons. The van der Waals surface area contributed by atoms with Crippen LogP contribution in [-0.4, -0.2) is 5.54 Å². The van der Waals surface area contributed by atoms with Gasteiger partial charge in [-0.05, 0) is 49.7 Å². The van der Waals surface area contributed by atoms with Crippen LogP contribution in [0.15, 0.2) is 30.5 Å². The van der Waals surface area contributed by atoms with Crippen molar-refractivity contribution in [1.29, 1.82) is 0 Å². The van der Waals surface area contributed by atoms with E-state index in [4.69, 9.17) is 0 Å². The Bertz CT molecular complexity index is 525. The topological polar surface area (TPSA) is 3.24 Å². The van der Waals surface area contributed by atoms with Gasteiger partial charge in [0, 0.05) is 22.8 Å². The molecule has 0 amide bonds. The van der Waals surface area contributed by atoms with E-state index >= 15 is 0 Å². The lowest BCUT2D eigenvalue weighted by Gasteiger charge is -2.38. The third kappa shape index (κ3) is 2.83. The summed E-state index contributed by atoms with van der Waals surface area (Å²) in [6.45, 7) is 20.7. The van der Waals surface area contributed by atoms with Gasteiger partial charge in [-0.3, -0.25) is 0 Å². The predicted molar refractivity (Wildman–Crippen MR) is 98.7 cm³/mol. The van der Waals surface area contributed by atoms with Crippen molar-refractivity contribution in [1.82, 2.24) is 0 Å². The first-order valence-electron chi connectivity index (χ1n) is 8.82. The third-order valence-electron chi connectivity index (χ3n) is 5.17. The fourth-order valence-electron chi connectivity index (χ4n) is 3.98. The lowest BCUT2D eigenvalue weighted by molar-refractivity contribution is 0.466. The van der Waals surface area contributed by atoms with Gasteiger partial charge in [0.05, 0.1) is 0 Å². The molecule has 0 aromatic heterocycles. The normalized spacial score (nSPS) is 21.2. The summed E-state index contributed by atoms with van der Waals surface area (Å²) in [5, 5.41) is 0. The predicted octanol–water partition coefficient (Wildman–Crippen LogP) is 6.46. The van der Waals surface area contributed by atoms with Crippen molar-refractivity contribution in [3.63, 3.8) is 0 Å². The molecular weight excluding hydrogens is 266 g/mol. The average Bonchev–Trinajstić information content (AvgIpc) is 2.67. The first-order valence-corrected chi connectivity index (χ1v) is 8.82. The van der Waals surface area contributed by atoms with Crippen LogP contribution in [0, 0.1) is 5.92 Å². The number of benzene rings is 1. The van der Waals surface area contributed by atoms with E-state index in [2.05, 4.69) is 78.1 Å². The van der Waals surface area contributed by atoms with E-state index in [0.717, 1.165) is 0 Å². The van der Waals surface area contributed by atoms with E-state index in [9.17, 15) is 0 Å². The molecule has 22 heavy (non-hydrogen) atoms. The molecule has 1 nitrogen and oxygen atoms in total. The summed E-state index contributed by atoms with van der Waals surface area (Å²) in [5.41, 5.74) is 5.79. The minimum Gasteiger partial charge on any atom is -0.339 e. The Morgan fingerprint density at radius 1 is 1.14 bits per heavy atom. The highest BCUT2D eigenvalue weighted by Crippen LogP contribution is 2.48. The maximum atomic E-state index is 4.49. The molecule has 1 heteroatoms. The van der Waals surface area contributed by atoms with Crippen molar-refractivity contribution in [2.45, 2.75) is 78.7 Å². The summed E-state index contributed by atoms with van der Waals surface area (Å²) in [4.78, 5) is 2.56. The van der Waals surface area contributed by atoms with Gasteiger partial charge >= 0.3 is 0 Å². The highest BCUT2D eigenvalue weighted by atomic mass is 15.2. The molecule has 1 saturated heterocycles. The maximum absolute atomic E-state index is 4.49. The van der Waals surface area contributed by atoms with Gasteiger partial charge in [-0.25, -0.2) is 0 Å². The van der Waals surface area contributed by atoms with Gasteiger partial charge < -0.3 is 4.90 Å². The van der Waals surface area contributed by atoms with Crippen LogP contribution >= 0.6 is 0 Å². The first kappa shape index (κ1) is 17.1. The van der Waals surface area contributed by atoms with E-state index in [1.54, 1.807) is 0 Å². The average molecular weight is 300 g/mol. The molecule has 0 radical (unpaired) electrons. The van der Waals surface area contributed by atoms with Crippen LogP contribution in [0.25, 0.3) is 0 Å². The molecule has 1 atom stereocenters. The monoisotopic (exact) mass is 299 g/mol. The summed E-state index contributed by atoms with van der Waals surface area (Å²) in [7, 11) is 0. The molecule has 1 fully saturated rings. The number of nitrogens with zero attached hydrogens (tertiary/aromatic N) is 1. The second kappa shape index (κ2) is 6.10. The van der Waals surface area contributed by atoms with Gasteiger partial charge in [0.2, 0.25) is 0 Å². The Labute approximate surface area is 137 Å². The zero-order chi connectivity index (χ0) is 16.7. The summed E-state index contributed by atoms with van der Waals surface area (Å²) in [6.07, 6.45) is 2.38. The number of allylic oxidation sites excluding steroid dienone is 1. The minimum atomic E-state index is 0.145. The highest BCUT2D eigenvalue weighted by molar-refractivity contribution is 5.68. The maximum Gasteiger partial charge on any atom is 0.0483 e. The number of para-hydroxylation sites is 1. The zero-order valence-corrected chi connectivity index (χ0v) is 15.5. The molecule has 2 rings (SSSR count). The molecule has 0 N–H and O–H groups in total. The van der Waals surface area contributed by atoms with Crippen LogP contribution in [0.1, 0.15) is 84.3 Å². The Balaban J connectivity index is 2.67. The van der Waals surface area contributed by atoms with Crippen LogP contribution in [-0.2, 0) is 0 Å². The molecular formula is C21H33N. The molecule has 0 saturated carbocycles. The summed E-state index contributed by atoms with van der Waals surface area (Å²) < 4.78 is 0. The first-order chi connectivity index (χ1) is 10.2. The number of hydrogen-bond donors (Lipinski definition) is 0. The molecule has 1 aliphatic rings. The largest absolute Gasteiger partial charge is 0.339 e. The van der Waals surface area contributed by atoms with Gasteiger partial charge in [-0.1, -0.05) is 59.4 Å². The molecule has 1 unspecified atom stereocenters. The second-order valence-electron chi connectivity index (χ2n) is 8.04. The molecule has 1 aromatic rings. The second-order valence-corrected chi connectivity index (χ2v) is 8.04. The number of anilines is 1. The van der Waals surface area contributed by atoms with Gasteiger partial charge in [-0.2, -0.15) is 0 Å². The van der Waals surface area contributed by atoms with Crippen LogP contribution < -0.4 is 4.90 Å². The Hall–Kier alpha value is -1.24. The Morgan fingerprint density at radius 3 is 2.00 bits per heavy atom. The zero-order valence-electron chi connectivity index (χ0n) is 15.5. The van der Waals surface area contributed by atoms with E-state index in [1.807, 2.05) is 0 Å². The molecule has 1 aromatic carbocycles. The summed E-state index contributed by atoms with van der Waals surface area (Å²) >= 11 is 0. The minimum absolute atomic E-state index is 0.145. The highest BCUT2D eigenvalue weighted by Gasteiger charge is 2.42. The van der Waals surface area contributed by atoms with E-state index in [-0.39, 0.29) is 5.54 Å². The Kier molecular flexibility index (Phi) is 4.75. The SMILES string of the molecule is C=C1C(CC)CC(C)(C)N1c1c(C(C)C)cccc1C(C)C. The van der Waals surface area contributed by atoms with Gasteiger partial charge in [0.15, 0.2) is 0 Å². The fraction of sp³-hybridized carbons (Fsp3) is 0.619. The third-order valence-corrected chi connectivity index (χ3v) is 5.17. The smallest absolute Gasteiger partial charge is 0.0483 e. The van der Waals surface area contributed by atoms with Crippen LogP contribution in [0.4, 0.5) is 5.69 Å². The molecule has 0 spiro atoms. The molecule has 1 heterocycles. The summed E-state index contributed by atoms with van der Waals surface area (Å²) in [6, 6.07) is 6.82. The van der Waals surface area contributed by atoms with Gasteiger partial charge in [0.25, 0.3) is 0 Å². The number of hydrogen-bond acceptors (Lipinski definition) is 1. The van der Waals surface area contributed by atoms with Crippen molar-refractivity contribution in [2.24, 2.45) is 5.92 Å². The van der Waals surface area contributed by atoms with E-state index in [1.165, 1.54) is 35.4 Å². The van der Waals surface area contributed by atoms with Crippen LogP contribution in [0.2, 0.25) is 0 Å². The van der Waals surface area contributed by atoms with Gasteiger partial charge in [-0.15, -0.1) is 0 Å². The van der Waals surface area contributed by atoms with Crippen LogP contribution in [0.3, 0.4) is 0 Å². The van der Waals surface area contributed by atoms with E-state index < -0.39 is 0 Å². The standard InChI is InChI=1S/C21H33N/c1-9-17-13-21(7,8)22(16(17)6)20-18(14(2)3)11-10-12-19(20)15(4)5/h10-12,14-15,17H,6,9,13H2,1-5,7-8H3. The van der Waals surface area contributed by atoms with Crippen molar-refractivity contribution in [3.8, 4) is 0 Å². The molecule has 0 aliphatic carbocycles. The van der Waals surface area contributed by atoms with Crippen LogP contribution in [0.5, 0.6) is 0 Å². The molecule has 0 bridgehead atoms. The fourth-order valence-corrected chi connectivity index (χ4v) is 3.98. The van der Waals surface area contributed by atoms with Gasteiger partial charge in [0.1, 0.15) is 0 Å². The van der Waals surface area contributed by atoms with E-state index in [0.29, 0.717) is 17.8 Å². The van der Waals surface area contributed by atoms with Crippen molar-refractivity contribution in [2.75, 3.05) is 4.90 Å². The summed E-state index contributed by atoms with van der Waals surface area (Å²) in [5.74, 6) is 1.66. The van der Waals surface area contributed by atoms with Crippen molar-refractivity contribution < 1.29 is 0 Å². The number of rotatable bonds is 4. The lowest BCUT2D eigenvalue weighted by Crippen LogP contribution is -2.38. The lowest BCUT2D eigenvalue weighted by atomic mass is 9.89. The quantitative estimate of drug-likeness (QED) is 0.616. The van der Waals surface area contributed by atoms with Crippen molar-refractivity contribution >= 4 is 5.69 Å². The van der Waals surface area contributed by atoms with Crippen molar-refractivity contribution in [3.05, 3.63) is 41.6 Å². The Morgan fingerprint density at radius 2 is 1.64 bits per heavy atom. The molecule has 1 aliphatic heterocycles.